The summed E-state index contributed by atoms with van der Waals surface area (Å²) in [5, 5.41) is 5.60. The van der Waals surface area contributed by atoms with Gasteiger partial charge < -0.3 is 11.1 Å². The van der Waals surface area contributed by atoms with Gasteiger partial charge in [0.05, 0.1) is 10.6 Å². The first-order valence-corrected chi connectivity index (χ1v) is 8.75. The van der Waals surface area contributed by atoms with Crippen LogP contribution in [0.3, 0.4) is 0 Å². The molecular formula is C13H16N4O3S2. The van der Waals surface area contributed by atoms with Crippen molar-refractivity contribution >= 4 is 38.1 Å². The van der Waals surface area contributed by atoms with Crippen LogP contribution in [-0.4, -0.2) is 19.3 Å². The van der Waals surface area contributed by atoms with E-state index in [1.165, 1.54) is 23.5 Å². The second-order valence-corrected chi connectivity index (χ2v) is 7.22. The number of benzene rings is 1. The fourth-order valence-electron chi connectivity index (χ4n) is 1.64. The number of aromatic nitrogens is 1. The maximum absolute atomic E-state index is 11.8. The number of hydrogen-bond donors (Lipinski definition) is 3. The Morgan fingerprint density at radius 3 is 2.45 bits per heavy atom. The molecule has 2 rings (SSSR count). The first-order chi connectivity index (χ1) is 10.3. The molecule has 1 aromatic carbocycles. The Morgan fingerprint density at radius 2 is 1.95 bits per heavy atom. The van der Waals surface area contributed by atoms with Crippen molar-refractivity contribution in [2.45, 2.75) is 24.8 Å². The lowest BCUT2D eigenvalue weighted by Gasteiger charge is -2.06. The Labute approximate surface area is 132 Å². The summed E-state index contributed by atoms with van der Waals surface area (Å²) < 4.78 is 25.5. The molecule has 7 nitrogen and oxygen atoms in total. The first-order valence-electron chi connectivity index (χ1n) is 6.39. The Balaban J connectivity index is 2.13. The summed E-state index contributed by atoms with van der Waals surface area (Å²) in [6.07, 6.45) is 0. The van der Waals surface area contributed by atoms with Gasteiger partial charge in [-0.05, 0) is 31.2 Å². The van der Waals surface area contributed by atoms with Crippen LogP contribution < -0.4 is 15.8 Å². The minimum absolute atomic E-state index is 0.0173. The van der Waals surface area contributed by atoms with Crippen molar-refractivity contribution in [2.75, 3.05) is 5.32 Å². The van der Waals surface area contributed by atoms with Gasteiger partial charge in [0.1, 0.15) is 0 Å². The average molecular weight is 340 g/mol. The number of carbonyl (C=O) groups is 1. The molecule has 0 aliphatic rings. The summed E-state index contributed by atoms with van der Waals surface area (Å²) in [5.41, 5.74) is 7.22. The number of anilines is 2. The van der Waals surface area contributed by atoms with E-state index < -0.39 is 15.9 Å². The molecule has 0 bridgehead atoms. The fourth-order valence-corrected chi connectivity index (χ4v) is 3.47. The number of hydrogen-bond acceptors (Lipinski definition) is 7. The molecule has 22 heavy (non-hydrogen) atoms. The third-order valence-electron chi connectivity index (χ3n) is 2.68. The second kappa shape index (κ2) is 6.42. The molecule has 2 aromatic rings. The number of nitrogens with zero attached hydrogens (tertiary/aromatic N) is 1. The molecule has 118 valence electrons. The van der Waals surface area contributed by atoms with Crippen LogP contribution in [0.15, 0.2) is 34.5 Å². The van der Waals surface area contributed by atoms with Crippen LogP contribution in [0.5, 0.6) is 0 Å². The van der Waals surface area contributed by atoms with Gasteiger partial charge in [0, 0.05) is 24.0 Å². The minimum Gasteiger partial charge on any atom is -0.332 e. The SMILES string of the molecule is CC(=O)NS(=O)(=O)c1ccc(Nc2nc(C(C)N)cs2)cc1. The number of carbonyl (C=O) groups excluding carboxylic acids is 1. The molecule has 0 saturated heterocycles. The molecule has 9 heteroatoms. The van der Waals surface area contributed by atoms with E-state index >= 15 is 0 Å². The molecular weight excluding hydrogens is 324 g/mol. The van der Waals surface area contributed by atoms with Crippen molar-refractivity contribution in [3.05, 3.63) is 35.3 Å². The van der Waals surface area contributed by atoms with E-state index in [1.54, 1.807) is 12.1 Å². The number of amides is 1. The van der Waals surface area contributed by atoms with E-state index in [0.29, 0.717) is 10.8 Å². The number of nitrogens with two attached hydrogens (primary N) is 1. The van der Waals surface area contributed by atoms with Crippen molar-refractivity contribution in [1.82, 2.24) is 9.71 Å². The van der Waals surface area contributed by atoms with Crippen LogP contribution in [-0.2, 0) is 14.8 Å². The zero-order chi connectivity index (χ0) is 16.3. The average Bonchev–Trinajstić information content (AvgIpc) is 2.86. The number of rotatable bonds is 5. The van der Waals surface area contributed by atoms with E-state index in [4.69, 9.17) is 5.73 Å². The molecule has 1 heterocycles. The zero-order valence-corrected chi connectivity index (χ0v) is 13.7. The molecule has 0 saturated carbocycles. The van der Waals surface area contributed by atoms with E-state index in [1.807, 2.05) is 17.0 Å². The van der Waals surface area contributed by atoms with Gasteiger partial charge >= 0.3 is 0 Å². The third kappa shape index (κ3) is 4.03. The molecule has 0 aliphatic heterocycles. The van der Waals surface area contributed by atoms with Crippen LogP contribution in [0.1, 0.15) is 25.6 Å². The van der Waals surface area contributed by atoms with Crippen LogP contribution >= 0.6 is 11.3 Å². The molecule has 1 amide bonds. The van der Waals surface area contributed by atoms with Crippen molar-refractivity contribution in [2.24, 2.45) is 5.73 Å². The van der Waals surface area contributed by atoms with Crippen molar-refractivity contribution in [1.29, 1.82) is 0 Å². The van der Waals surface area contributed by atoms with Gasteiger partial charge in [-0.15, -0.1) is 11.3 Å². The summed E-state index contributed by atoms with van der Waals surface area (Å²) in [6.45, 7) is 2.99. The van der Waals surface area contributed by atoms with E-state index in [2.05, 4.69) is 10.3 Å². The predicted molar refractivity (Wildman–Crippen MR) is 85.4 cm³/mol. The number of thiazole rings is 1. The standard InChI is InChI=1S/C13H16N4O3S2/c1-8(14)12-7-21-13(16-12)15-10-3-5-11(6-4-10)22(19,20)17-9(2)18/h3-8H,14H2,1-2H3,(H,15,16)(H,17,18). The lowest BCUT2D eigenvalue weighted by atomic mass is 10.3. The van der Waals surface area contributed by atoms with Crippen molar-refractivity contribution in [3.8, 4) is 0 Å². The van der Waals surface area contributed by atoms with Gasteiger partial charge in [-0.1, -0.05) is 0 Å². The van der Waals surface area contributed by atoms with Gasteiger partial charge in [0.15, 0.2) is 5.13 Å². The van der Waals surface area contributed by atoms with Gasteiger partial charge in [0.25, 0.3) is 10.0 Å². The van der Waals surface area contributed by atoms with Crippen LogP contribution in [0.2, 0.25) is 0 Å². The minimum atomic E-state index is -3.81. The molecule has 1 aromatic heterocycles. The first kappa shape index (κ1) is 16.4. The Morgan fingerprint density at radius 1 is 1.32 bits per heavy atom. The largest absolute Gasteiger partial charge is 0.332 e. The Kier molecular flexibility index (Phi) is 4.79. The number of sulfonamides is 1. The van der Waals surface area contributed by atoms with E-state index in [0.717, 1.165) is 12.6 Å². The maximum atomic E-state index is 11.8. The molecule has 0 fully saturated rings. The summed E-state index contributed by atoms with van der Waals surface area (Å²) in [4.78, 5) is 15.2. The Bertz CT molecular complexity index is 767. The molecule has 1 unspecified atom stereocenters. The van der Waals surface area contributed by atoms with Gasteiger partial charge in [-0.3, -0.25) is 4.79 Å². The normalized spacial score (nSPS) is 12.7. The molecule has 4 N–H and O–H groups in total. The third-order valence-corrected chi connectivity index (χ3v) is 4.91. The lowest BCUT2D eigenvalue weighted by Crippen LogP contribution is -2.28. The van der Waals surface area contributed by atoms with Crippen LogP contribution in [0.25, 0.3) is 0 Å². The van der Waals surface area contributed by atoms with Gasteiger partial charge in [-0.25, -0.2) is 18.1 Å². The zero-order valence-electron chi connectivity index (χ0n) is 12.0. The van der Waals surface area contributed by atoms with Crippen molar-refractivity contribution in [3.63, 3.8) is 0 Å². The molecule has 1 atom stereocenters. The maximum Gasteiger partial charge on any atom is 0.264 e. The quantitative estimate of drug-likeness (QED) is 0.764. The van der Waals surface area contributed by atoms with E-state index in [9.17, 15) is 13.2 Å². The van der Waals surface area contributed by atoms with Gasteiger partial charge in [0.2, 0.25) is 5.91 Å². The summed E-state index contributed by atoms with van der Waals surface area (Å²) in [7, 11) is -3.81. The highest BCUT2D eigenvalue weighted by atomic mass is 32.2. The summed E-state index contributed by atoms with van der Waals surface area (Å²) in [6, 6.07) is 5.88. The van der Waals surface area contributed by atoms with E-state index in [-0.39, 0.29) is 10.9 Å². The van der Waals surface area contributed by atoms with Crippen LogP contribution in [0.4, 0.5) is 10.8 Å². The lowest BCUT2D eigenvalue weighted by molar-refractivity contribution is -0.117. The highest BCUT2D eigenvalue weighted by molar-refractivity contribution is 7.90. The summed E-state index contributed by atoms with van der Waals surface area (Å²) in [5.74, 6) is -0.631. The number of nitrogens with one attached hydrogen (secondary N) is 2. The highest BCUT2D eigenvalue weighted by Gasteiger charge is 2.15. The topological polar surface area (TPSA) is 114 Å². The second-order valence-electron chi connectivity index (χ2n) is 4.68. The smallest absolute Gasteiger partial charge is 0.264 e. The molecule has 0 radical (unpaired) electrons. The van der Waals surface area contributed by atoms with Crippen LogP contribution in [0, 0.1) is 0 Å². The van der Waals surface area contributed by atoms with Gasteiger partial charge in [-0.2, -0.15) is 0 Å². The summed E-state index contributed by atoms with van der Waals surface area (Å²) >= 11 is 1.41. The Hall–Kier alpha value is -1.97. The fraction of sp³-hybridized carbons (Fsp3) is 0.231. The molecule has 0 aliphatic carbocycles. The molecule has 0 spiro atoms. The predicted octanol–water partition coefficient (Wildman–Crippen LogP) is 1.73. The van der Waals surface area contributed by atoms with Crippen molar-refractivity contribution < 1.29 is 13.2 Å². The highest BCUT2D eigenvalue weighted by Crippen LogP contribution is 2.24. The monoisotopic (exact) mass is 340 g/mol.